The molecule has 0 aromatic heterocycles. The van der Waals surface area contributed by atoms with Crippen LogP contribution < -0.4 is 0 Å². The van der Waals surface area contributed by atoms with Gasteiger partial charge in [0.15, 0.2) is 0 Å². The highest BCUT2D eigenvalue weighted by Gasteiger charge is 2.36. The van der Waals surface area contributed by atoms with Crippen molar-refractivity contribution in [2.24, 2.45) is 0 Å². The molecule has 0 bridgehead atoms. The van der Waals surface area contributed by atoms with Gasteiger partial charge in [-0.3, -0.25) is 0 Å². The SMILES string of the molecule is C=CO[Si](O)(O)OCC. The van der Waals surface area contributed by atoms with Crippen molar-refractivity contribution in [2.45, 2.75) is 6.92 Å². The number of hydrogen-bond acceptors (Lipinski definition) is 4. The van der Waals surface area contributed by atoms with Crippen molar-refractivity contribution in [1.29, 1.82) is 0 Å². The van der Waals surface area contributed by atoms with E-state index in [4.69, 9.17) is 9.59 Å². The van der Waals surface area contributed by atoms with Gasteiger partial charge < -0.3 is 18.4 Å². The number of hydrogen-bond donors (Lipinski definition) is 2. The molecule has 5 heteroatoms. The molecule has 0 aliphatic rings. The fraction of sp³-hybridized carbons (Fsp3) is 0.500. The van der Waals surface area contributed by atoms with E-state index in [9.17, 15) is 0 Å². The maximum atomic E-state index is 8.69. The summed E-state index contributed by atoms with van der Waals surface area (Å²) in [6, 6.07) is 0. The Morgan fingerprint density at radius 2 is 2.22 bits per heavy atom. The maximum absolute atomic E-state index is 8.69. The molecule has 0 spiro atoms. The molecule has 0 fully saturated rings. The Bertz CT molecular complexity index is 92.6. The molecular weight excluding hydrogens is 140 g/mol. The van der Waals surface area contributed by atoms with Gasteiger partial charge >= 0.3 is 9.05 Å². The molecule has 0 atom stereocenters. The molecule has 0 aliphatic carbocycles. The van der Waals surface area contributed by atoms with E-state index in [1.54, 1.807) is 6.92 Å². The Labute approximate surface area is 54.8 Å². The lowest BCUT2D eigenvalue weighted by Crippen LogP contribution is -2.41. The van der Waals surface area contributed by atoms with E-state index in [0.29, 0.717) is 0 Å². The lowest BCUT2D eigenvalue weighted by atomic mass is 10.9. The standard InChI is InChI=1S/C4H10O4Si/c1-3-7-9(5,6)8-4-2/h3,5-6H,1,4H2,2H3. The van der Waals surface area contributed by atoms with E-state index in [1.807, 2.05) is 0 Å². The van der Waals surface area contributed by atoms with E-state index in [2.05, 4.69) is 15.4 Å². The third-order valence-corrected chi connectivity index (χ3v) is 1.71. The molecule has 0 saturated carbocycles. The van der Waals surface area contributed by atoms with E-state index in [0.717, 1.165) is 6.26 Å². The van der Waals surface area contributed by atoms with Gasteiger partial charge in [0.05, 0.1) is 6.26 Å². The average molecular weight is 150 g/mol. The fourth-order valence-corrected chi connectivity index (χ4v) is 0.992. The van der Waals surface area contributed by atoms with Crippen LogP contribution >= 0.6 is 0 Å². The van der Waals surface area contributed by atoms with E-state index >= 15 is 0 Å². The first-order chi connectivity index (χ1) is 4.12. The highest BCUT2D eigenvalue weighted by molar-refractivity contribution is 6.50. The quantitative estimate of drug-likeness (QED) is 0.423. The molecule has 0 heterocycles. The summed E-state index contributed by atoms with van der Waals surface area (Å²) in [5.74, 6) is 0. The molecule has 0 unspecified atom stereocenters. The van der Waals surface area contributed by atoms with Crippen LogP contribution in [0.25, 0.3) is 0 Å². The summed E-state index contributed by atoms with van der Waals surface area (Å²) >= 11 is 0. The van der Waals surface area contributed by atoms with Gasteiger partial charge in [0.1, 0.15) is 0 Å². The maximum Gasteiger partial charge on any atom is 0.743 e. The summed E-state index contributed by atoms with van der Waals surface area (Å²) in [4.78, 5) is 17.4. The Morgan fingerprint density at radius 3 is 2.56 bits per heavy atom. The van der Waals surface area contributed by atoms with Crippen molar-refractivity contribution in [1.82, 2.24) is 0 Å². The van der Waals surface area contributed by atoms with Gasteiger partial charge in [-0.2, -0.15) is 0 Å². The molecule has 0 aromatic carbocycles. The van der Waals surface area contributed by atoms with Crippen molar-refractivity contribution >= 4 is 9.05 Å². The third kappa shape index (κ3) is 4.16. The summed E-state index contributed by atoms with van der Waals surface area (Å²) in [5.41, 5.74) is 0. The molecule has 0 rings (SSSR count). The minimum Gasteiger partial charge on any atom is -0.488 e. The highest BCUT2D eigenvalue weighted by Crippen LogP contribution is 1.96. The van der Waals surface area contributed by atoms with Crippen molar-refractivity contribution < 1.29 is 18.4 Å². The average Bonchev–Trinajstić information content (AvgIpc) is 1.64. The molecule has 4 nitrogen and oxygen atoms in total. The van der Waals surface area contributed by atoms with Crippen LogP contribution in [-0.2, 0) is 8.85 Å². The van der Waals surface area contributed by atoms with Crippen LogP contribution in [0.1, 0.15) is 6.92 Å². The van der Waals surface area contributed by atoms with Crippen molar-refractivity contribution in [3.8, 4) is 0 Å². The summed E-state index contributed by atoms with van der Waals surface area (Å²) < 4.78 is 8.69. The van der Waals surface area contributed by atoms with Crippen LogP contribution in [-0.4, -0.2) is 25.2 Å². The number of rotatable bonds is 4. The lowest BCUT2D eigenvalue weighted by Gasteiger charge is -2.12. The van der Waals surface area contributed by atoms with Crippen molar-refractivity contribution in [3.63, 3.8) is 0 Å². The Balaban J connectivity index is 3.55. The second-order valence-corrected chi connectivity index (χ2v) is 2.89. The van der Waals surface area contributed by atoms with Crippen LogP contribution in [0.4, 0.5) is 0 Å². The van der Waals surface area contributed by atoms with E-state index < -0.39 is 9.05 Å². The normalized spacial score (nSPS) is 11.0. The van der Waals surface area contributed by atoms with Crippen molar-refractivity contribution in [2.75, 3.05) is 6.61 Å². The third-order valence-electron chi connectivity index (χ3n) is 0.569. The van der Waals surface area contributed by atoms with Crippen molar-refractivity contribution in [3.05, 3.63) is 12.8 Å². The van der Waals surface area contributed by atoms with Crippen LogP contribution in [0.3, 0.4) is 0 Å². The monoisotopic (exact) mass is 150 g/mol. The summed E-state index contributed by atoms with van der Waals surface area (Å²) in [5, 5.41) is 0. The van der Waals surface area contributed by atoms with Gasteiger partial charge in [-0.05, 0) is 6.92 Å². The van der Waals surface area contributed by atoms with Crippen LogP contribution in [0.2, 0.25) is 0 Å². The van der Waals surface area contributed by atoms with Crippen LogP contribution in [0.15, 0.2) is 12.8 Å². The molecule has 0 saturated heterocycles. The highest BCUT2D eigenvalue weighted by atomic mass is 28.4. The zero-order valence-corrected chi connectivity index (χ0v) is 6.20. The smallest absolute Gasteiger partial charge is 0.488 e. The van der Waals surface area contributed by atoms with Gasteiger partial charge in [0.2, 0.25) is 0 Å². The molecule has 0 aliphatic heterocycles. The zero-order valence-electron chi connectivity index (χ0n) is 5.20. The van der Waals surface area contributed by atoms with E-state index in [-0.39, 0.29) is 6.61 Å². The predicted octanol–water partition coefficient (Wildman–Crippen LogP) is -0.397. The van der Waals surface area contributed by atoms with Gasteiger partial charge in [0.25, 0.3) is 0 Å². The fourth-order valence-electron chi connectivity index (χ4n) is 0.331. The predicted molar refractivity (Wildman–Crippen MR) is 33.1 cm³/mol. The summed E-state index contributed by atoms with van der Waals surface area (Å²) in [6.07, 6.45) is 0.946. The minimum absolute atomic E-state index is 0.215. The molecule has 0 aromatic rings. The largest absolute Gasteiger partial charge is 0.743 e. The summed E-state index contributed by atoms with van der Waals surface area (Å²) in [7, 11) is -3.82. The topological polar surface area (TPSA) is 58.9 Å². The minimum atomic E-state index is -3.82. The summed E-state index contributed by atoms with van der Waals surface area (Å²) in [6.45, 7) is 5.00. The molecule has 0 radical (unpaired) electrons. The first kappa shape index (κ1) is 8.64. The molecular formula is C4H10O4Si. The zero-order chi connectivity index (χ0) is 7.33. The van der Waals surface area contributed by atoms with E-state index in [1.165, 1.54) is 0 Å². The second kappa shape index (κ2) is 3.62. The molecule has 2 N–H and O–H groups in total. The van der Waals surface area contributed by atoms with Gasteiger partial charge in [-0.25, -0.2) is 0 Å². The first-order valence-electron chi connectivity index (χ1n) is 2.50. The first-order valence-corrected chi connectivity index (χ1v) is 4.21. The van der Waals surface area contributed by atoms with Crippen LogP contribution in [0.5, 0.6) is 0 Å². The molecule has 9 heavy (non-hydrogen) atoms. The second-order valence-electron chi connectivity index (χ2n) is 1.27. The molecule has 54 valence electrons. The van der Waals surface area contributed by atoms with Gasteiger partial charge in [-0.1, -0.05) is 6.58 Å². The van der Waals surface area contributed by atoms with Gasteiger partial charge in [0, 0.05) is 6.61 Å². The Morgan fingerprint density at radius 1 is 1.67 bits per heavy atom. The molecule has 0 amide bonds. The van der Waals surface area contributed by atoms with Gasteiger partial charge in [-0.15, -0.1) is 0 Å². The Kier molecular flexibility index (Phi) is 3.48. The lowest BCUT2D eigenvalue weighted by molar-refractivity contribution is 0.0610. The van der Waals surface area contributed by atoms with Crippen LogP contribution in [0, 0.1) is 0 Å². The Hall–Kier alpha value is -0.363.